The first-order valence-corrected chi connectivity index (χ1v) is 10.0. The van der Waals surface area contributed by atoms with Gasteiger partial charge in [-0.1, -0.05) is 19.3 Å². The van der Waals surface area contributed by atoms with Crippen LogP contribution in [0.1, 0.15) is 37.8 Å². The predicted octanol–water partition coefficient (Wildman–Crippen LogP) is 3.08. The van der Waals surface area contributed by atoms with Crippen molar-refractivity contribution >= 4 is 17.2 Å². The van der Waals surface area contributed by atoms with Crippen molar-refractivity contribution in [1.29, 1.82) is 0 Å². The van der Waals surface area contributed by atoms with E-state index in [4.69, 9.17) is 9.47 Å². The number of fused-ring (bicyclic) bond motifs is 1. The van der Waals surface area contributed by atoms with Crippen molar-refractivity contribution in [2.45, 2.75) is 44.7 Å². The Morgan fingerprint density at radius 2 is 2.04 bits per heavy atom. The van der Waals surface area contributed by atoms with Gasteiger partial charge in [-0.2, -0.15) is 0 Å². The Morgan fingerprint density at radius 1 is 1.19 bits per heavy atom. The largest absolute Gasteiger partial charge is 0.454 e. The number of aromatic nitrogens is 1. The molecule has 0 radical (unpaired) electrons. The van der Waals surface area contributed by atoms with E-state index in [0.717, 1.165) is 40.6 Å². The average molecular weight is 373 g/mol. The van der Waals surface area contributed by atoms with Gasteiger partial charge in [-0.05, 0) is 31.0 Å². The zero-order valence-electron chi connectivity index (χ0n) is 14.6. The lowest BCUT2D eigenvalue weighted by atomic mass is 9.95. The van der Waals surface area contributed by atoms with Crippen LogP contribution in [-0.2, 0) is 11.3 Å². The van der Waals surface area contributed by atoms with E-state index in [9.17, 15) is 4.79 Å². The normalized spacial score (nSPS) is 16.6. The molecule has 4 rings (SSSR count). The number of carbonyl (C=O) groups excluding carboxylic acids is 1. The monoisotopic (exact) mass is 373 g/mol. The number of carbonyl (C=O) groups is 1. The zero-order valence-corrected chi connectivity index (χ0v) is 15.4. The molecule has 1 aliphatic heterocycles. The van der Waals surface area contributed by atoms with Gasteiger partial charge in [0.1, 0.15) is 5.01 Å². The average Bonchev–Trinajstić information content (AvgIpc) is 3.31. The van der Waals surface area contributed by atoms with Crippen molar-refractivity contribution in [3.63, 3.8) is 0 Å². The molecule has 0 unspecified atom stereocenters. The third-order valence-electron chi connectivity index (χ3n) is 4.73. The molecule has 0 atom stereocenters. The van der Waals surface area contributed by atoms with Gasteiger partial charge >= 0.3 is 0 Å². The minimum Gasteiger partial charge on any atom is -0.454 e. The van der Waals surface area contributed by atoms with Crippen LogP contribution in [0, 0.1) is 0 Å². The topological polar surface area (TPSA) is 72.5 Å². The summed E-state index contributed by atoms with van der Waals surface area (Å²) in [5.41, 5.74) is 1.95. The second-order valence-corrected chi connectivity index (χ2v) is 7.58. The number of nitrogens with zero attached hydrogens (tertiary/aromatic N) is 1. The summed E-state index contributed by atoms with van der Waals surface area (Å²) in [5.74, 6) is 1.61. The minimum absolute atomic E-state index is 0.0723. The fourth-order valence-electron chi connectivity index (χ4n) is 3.38. The van der Waals surface area contributed by atoms with E-state index in [1.165, 1.54) is 19.3 Å². The second-order valence-electron chi connectivity index (χ2n) is 6.72. The molecule has 2 heterocycles. The van der Waals surface area contributed by atoms with Gasteiger partial charge in [0.2, 0.25) is 12.7 Å². The van der Waals surface area contributed by atoms with E-state index < -0.39 is 0 Å². The fourth-order valence-corrected chi connectivity index (χ4v) is 4.20. The molecule has 0 bridgehead atoms. The molecule has 1 aromatic carbocycles. The molecule has 1 saturated carbocycles. The van der Waals surface area contributed by atoms with Crippen LogP contribution in [0.3, 0.4) is 0 Å². The highest BCUT2D eigenvalue weighted by Crippen LogP contribution is 2.36. The molecule has 138 valence electrons. The van der Waals surface area contributed by atoms with Crippen LogP contribution in [0.25, 0.3) is 10.6 Å². The molecular formula is C19H23N3O3S. The molecule has 0 spiro atoms. The number of amides is 1. The quantitative estimate of drug-likeness (QED) is 0.814. The summed E-state index contributed by atoms with van der Waals surface area (Å²) in [7, 11) is 0. The number of thiazole rings is 1. The van der Waals surface area contributed by atoms with E-state index in [1.54, 1.807) is 11.3 Å². The first kappa shape index (κ1) is 17.3. The predicted molar refractivity (Wildman–Crippen MR) is 100 cm³/mol. The maximum absolute atomic E-state index is 12.0. The maximum atomic E-state index is 12.0. The van der Waals surface area contributed by atoms with Gasteiger partial charge in [0.25, 0.3) is 0 Å². The number of ether oxygens (including phenoxy) is 2. The van der Waals surface area contributed by atoms with Crippen LogP contribution in [0.15, 0.2) is 23.6 Å². The molecule has 2 N–H and O–H groups in total. The highest BCUT2D eigenvalue weighted by atomic mass is 32.1. The van der Waals surface area contributed by atoms with E-state index in [2.05, 4.69) is 15.6 Å². The van der Waals surface area contributed by atoms with Gasteiger partial charge in [0.15, 0.2) is 11.5 Å². The number of rotatable bonds is 6. The van der Waals surface area contributed by atoms with Crippen molar-refractivity contribution in [3.8, 4) is 22.1 Å². The Bertz CT molecular complexity index is 771. The molecule has 2 aromatic rings. The summed E-state index contributed by atoms with van der Waals surface area (Å²) in [4.78, 5) is 16.7. The van der Waals surface area contributed by atoms with Gasteiger partial charge in [0, 0.05) is 23.5 Å². The molecule has 6 nitrogen and oxygen atoms in total. The second kappa shape index (κ2) is 8.05. The summed E-state index contributed by atoms with van der Waals surface area (Å²) >= 11 is 1.59. The molecule has 0 saturated heterocycles. The van der Waals surface area contributed by atoms with Crippen molar-refractivity contribution in [1.82, 2.24) is 15.6 Å². The lowest BCUT2D eigenvalue weighted by Gasteiger charge is -2.22. The third-order valence-corrected chi connectivity index (χ3v) is 5.67. The van der Waals surface area contributed by atoms with Crippen LogP contribution in [0.2, 0.25) is 0 Å². The van der Waals surface area contributed by atoms with Gasteiger partial charge < -0.3 is 20.1 Å². The Kier molecular flexibility index (Phi) is 5.36. The Morgan fingerprint density at radius 3 is 2.92 bits per heavy atom. The number of nitrogens with one attached hydrogen (secondary N) is 2. The van der Waals surface area contributed by atoms with Gasteiger partial charge in [-0.25, -0.2) is 4.98 Å². The van der Waals surface area contributed by atoms with Gasteiger partial charge in [-0.3, -0.25) is 4.79 Å². The zero-order chi connectivity index (χ0) is 17.8. The van der Waals surface area contributed by atoms with Crippen molar-refractivity contribution in [3.05, 3.63) is 29.3 Å². The summed E-state index contributed by atoms with van der Waals surface area (Å²) in [6.07, 6.45) is 5.95. The Labute approximate surface area is 156 Å². The van der Waals surface area contributed by atoms with Crippen LogP contribution >= 0.6 is 11.3 Å². The van der Waals surface area contributed by atoms with Crippen LogP contribution in [0.4, 0.5) is 0 Å². The maximum Gasteiger partial charge on any atom is 0.234 e. The highest BCUT2D eigenvalue weighted by Gasteiger charge is 2.16. The molecule has 7 heteroatoms. The first-order chi connectivity index (χ1) is 12.8. The summed E-state index contributed by atoms with van der Waals surface area (Å²) in [6.45, 7) is 1.18. The first-order valence-electron chi connectivity index (χ1n) is 9.12. The number of hydrogen-bond donors (Lipinski definition) is 2. The number of hydrogen-bond acceptors (Lipinski definition) is 6. The van der Waals surface area contributed by atoms with Crippen molar-refractivity contribution in [2.75, 3.05) is 13.3 Å². The van der Waals surface area contributed by atoms with Crippen molar-refractivity contribution in [2.24, 2.45) is 0 Å². The molecular weight excluding hydrogens is 350 g/mol. The molecule has 1 fully saturated rings. The van der Waals surface area contributed by atoms with E-state index >= 15 is 0 Å². The van der Waals surface area contributed by atoms with Gasteiger partial charge in [0.05, 0.1) is 12.2 Å². The minimum atomic E-state index is 0.0723. The van der Waals surface area contributed by atoms with Crippen LogP contribution in [-0.4, -0.2) is 30.3 Å². The third kappa shape index (κ3) is 4.16. The summed E-state index contributed by atoms with van der Waals surface area (Å²) in [5, 5.41) is 9.26. The van der Waals surface area contributed by atoms with E-state index in [-0.39, 0.29) is 12.7 Å². The molecule has 1 aromatic heterocycles. The lowest BCUT2D eigenvalue weighted by Crippen LogP contribution is -2.41. The summed E-state index contributed by atoms with van der Waals surface area (Å²) in [6, 6.07) is 6.21. The molecule has 2 aliphatic rings. The van der Waals surface area contributed by atoms with Crippen LogP contribution in [0.5, 0.6) is 11.5 Å². The number of benzene rings is 1. The molecule has 1 aliphatic carbocycles. The van der Waals surface area contributed by atoms with E-state index in [1.807, 2.05) is 23.6 Å². The molecule has 26 heavy (non-hydrogen) atoms. The Hall–Kier alpha value is -2.12. The highest BCUT2D eigenvalue weighted by molar-refractivity contribution is 7.13. The van der Waals surface area contributed by atoms with Crippen molar-refractivity contribution < 1.29 is 14.3 Å². The van der Waals surface area contributed by atoms with Crippen LogP contribution < -0.4 is 20.1 Å². The lowest BCUT2D eigenvalue weighted by molar-refractivity contribution is -0.121. The fraction of sp³-hybridized carbons (Fsp3) is 0.474. The summed E-state index contributed by atoms with van der Waals surface area (Å²) < 4.78 is 10.8. The standard InChI is InChI=1S/C19H23N3O3S/c23-18(21-14-4-2-1-3-5-14)10-20-9-15-11-26-19(22-15)13-6-7-16-17(8-13)25-12-24-16/h6-8,11,14,20H,1-5,9-10,12H2,(H,21,23). The SMILES string of the molecule is O=C(CNCc1csc(-c2ccc3c(c2)OCO3)n1)NC1CCCCC1. The van der Waals surface area contributed by atoms with E-state index in [0.29, 0.717) is 19.1 Å². The Balaban J connectivity index is 1.26. The molecule has 1 amide bonds. The smallest absolute Gasteiger partial charge is 0.234 e. The van der Waals surface area contributed by atoms with Gasteiger partial charge in [-0.15, -0.1) is 11.3 Å².